The molecule has 1 unspecified atom stereocenters. The number of hydrogen-bond donors (Lipinski definition) is 1. The van der Waals surface area contributed by atoms with Gasteiger partial charge in [-0.15, -0.1) is 0 Å². The van der Waals surface area contributed by atoms with E-state index in [0.717, 1.165) is 12.1 Å². The predicted octanol–water partition coefficient (Wildman–Crippen LogP) is 4.15. The molecule has 1 atom stereocenters. The highest BCUT2D eigenvalue weighted by Crippen LogP contribution is 2.36. The molecule has 0 bridgehead atoms. The summed E-state index contributed by atoms with van der Waals surface area (Å²) in [7, 11) is 0. The second kappa shape index (κ2) is 4.95. The van der Waals surface area contributed by atoms with Crippen molar-refractivity contribution in [3.8, 4) is 0 Å². The molecule has 1 aliphatic carbocycles. The highest BCUT2D eigenvalue weighted by Gasteiger charge is 2.30. The van der Waals surface area contributed by atoms with Gasteiger partial charge < -0.3 is 5.32 Å². The Bertz CT molecular complexity index is 403. The molecule has 17 heavy (non-hydrogen) atoms. The lowest BCUT2D eigenvalue weighted by Gasteiger charge is -2.18. The highest BCUT2D eigenvalue weighted by molar-refractivity contribution is 6.30. The summed E-state index contributed by atoms with van der Waals surface area (Å²) in [5.41, 5.74) is 1.50. The maximum Gasteiger partial charge on any atom is 0.141 e. The summed E-state index contributed by atoms with van der Waals surface area (Å²) in [5, 5.41) is 3.72. The predicted molar refractivity (Wildman–Crippen MR) is 69.7 cm³/mol. The molecule has 1 aliphatic rings. The van der Waals surface area contributed by atoms with Crippen molar-refractivity contribution in [3.63, 3.8) is 0 Å². The molecule has 1 aromatic carbocycles. The molecule has 0 heterocycles. The van der Waals surface area contributed by atoms with Crippen LogP contribution in [-0.4, -0.2) is 6.04 Å². The lowest BCUT2D eigenvalue weighted by atomic mass is 9.92. The number of rotatable bonds is 3. The van der Waals surface area contributed by atoms with Crippen LogP contribution in [0, 0.1) is 11.2 Å². The fraction of sp³-hybridized carbons (Fsp3) is 0.571. The van der Waals surface area contributed by atoms with E-state index in [-0.39, 0.29) is 10.8 Å². The summed E-state index contributed by atoms with van der Waals surface area (Å²) >= 11 is 5.75. The molecule has 1 fully saturated rings. The zero-order valence-electron chi connectivity index (χ0n) is 10.4. The van der Waals surface area contributed by atoms with E-state index in [9.17, 15) is 4.39 Å². The van der Waals surface area contributed by atoms with Gasteiger partial charge in [0.05, 0.1) is 5.02 Å². The summed E-state index contributed by atoms with van der Waals surface area (Å²) in [6, 6.07) is 5.49. The van der Waals surface area contributed by atoms with E-state index < -0.39 is 0 Å². The van der Waals surface area contributed by atoms with Crippen molar-refractivity contribution in [1.29, 1.82) is 0 Å². The van der Waals surface area contributed by atoms with Crippen molar-refractivity contribution in [2.24, 2.45) is 5.41 Å². The van der Waals surface area contributed by atoms with Gasteiger partial charge in [0.25, 0.3) is 0 Å². The van der Waals surface area contributed by atoms with Crippen LogP contribution in [0.5, 0.6) is 0 Å². The number of benzene rings is 1. The number of hydrogen-bond acceptors (Lipinski definition) is 1. The minimum Gasteiger partial charge on any atom is -0.310 e. The van der Waals surface area contributed by atoms with Gasteiger partial charge in [0.1, 0.15) is 5.82 Å². The van der Waals surface area contributed by atoms with Crippen molar-refractivity contribution in [2.45, 2.75) is 45.7 Å². The topological polar surface area (TPSA) is 12.0 Å². The lowest BCUT2D eigenvalue weighted by molar-refractivity contribution is 0.364. The molecular weight excluding hydrogens is 237 g/mol. The van der Waals surface area contributed by atoms with Gasteiger partial charge >= 0.3 is 0 Å². The summed E-state index contributed by atoms with van der Waals surface area (Å²) < 4.78 is 13.0. The van der Waals surface area contributed by atoms with Gasteiger partial charge in [0, 0.05) is 12.6 Å². The molecule has 94 valence electrons. The minimum absolute atomic E-state index is 0.205. The molecule has 2 rings (SSSR count). The molecule has 0 amide bonds. The first-order chi connectivity index (χ1) is 7.96. The molecule has 1 nitrogen and oxygen atoms in total. The highest BCUT2D eigenvalue weighted by atomic mass is 35.5. The van der Waals surface area contributed by atoms with E-state index in [0.29, 0.717) is 11.5 Å². The van der Waals surface area contributed by atoms with Crippen LogP contribution < -0.4 is 5.32 Å². The van der Waals surface area contributed by atoms with Crippen molar-refractivity contribution in [1.82, 2.24) is 5.32 Å². The largest absolute Gasteiger partial charge is 0.310 e. The standard InChI is InChI=1S/C14H19ClFN/c1-14(2)6-5-11(8-14)17-9-10-3-4-13(16)12(15)7-10/h3-4,7,11,17H,5-6,8-9H2,1-2H3. The Hall–Kier alpha value is -0.600. The van der Waals surface area contributed by atoms with Gasteiger partial charge in [-0.1, -0.05) is 31.5 Å². The van der Waals surface area contributed by atoms with Crippen molar-refractivity contribution in [3.05, 3.63) is 34.6 Å². The number of halogens is 2. The van der Waals surface area contributed by atoms with Gasteiger partial charge in [-0.2, -0.15) is 0 Å². The van der Waals surface area contributed by atoms with Gasteiger partial charge in [-0.25, -0.2) is 4.39 Å². The maximum absolute atomic E-state index is 13.0. The average Bonchev–Trinajstić information content (AvgIpc) is 2.60. The number of nitrogens with one attached hydrogen (secondary N) is 1. The molecule has 0 spiro atoms. The maximum atomic E-state index is 13.0. The third-order valence-corrected chi connectivity index (χ3v) is 3.84. The van der Waals surface area contributed by atoms with Crippen LogP contribution in [-0.2, 0) is 6.54 Å². The summed E-state index contributed by atoms with van der Waals surface area (Å²) in [6.07, 6.45) is 3.71. The van der Waals surface area contributed by atoms with Crippen LogP contribution >= 0.6 is 11.6 Å². The van der Waals surface area contributed by atoms with Crippen molar-refractivity contribution in [2.75, 3.05) is 0 Å². The van der Waals surface area contributed by atoms with Crippen molar-refractivity contribution >= 4 is 11.6 Å². The Morgan fingerprint density at radius 1 is 1.47 bits per heavy atom. The normalized spacial score (nSPS) is 22.9. The van der Waals surface area contributed by atoms with Gasteiger partial charge in [0.15, 0.2) is 0 Å². The first-order valence-electron chi connectivity index (χ1n) is 6.14. The van der Waals surface area contributed by atoms with E-state index >= 15 is 0 Å². The first kappa shape index (κ1) is 12.8. The minimum atomic E-state index is -0.350. The zero-order valence-corrected chi connectivity index (χ0v) is 11.1. The Balaban J connectivity index is 1.88. The molecular formula is C14H19ClFN. The Kier molecular flexibility index (Phi) is 3.74. The summed E-state index contributed by atoms with van der Waals surface area (Å²) in [4.78, 5) is 0. The smallest absolute Gasteiger partial charge is 0.141 e. The average molecular weight is 256 g/mol. The second-order valence-corrected chi connectivity index (χ2v) is 6.14. The molecule has 1 aromatic rings. The monoisotopic (exact) mass is 255 g/mol. The van der Waals surface area contributed by atoms with E-state index in [1.807, 2.05) is 0 Å². The Morgan fingerprint density at radius 2 is 2.24 bits per heavy atom. The van der Waals surface area contributed by atoms with Crippen LogP contribution in [0.25, 0.3) is 0 Å². The second-order valence-electron chi connectivity index (χ2n) is 5.73. The third kappa shape index (κ3) is 3.43. The van der Waals surface area contributed by atoms with Gasteiger partial charge in [-0.3, -0.25) is 0 Å². The molecule has 0 saturated heterocycles. The summed E-state index contributed by atoms with van der Waals surface area (Å²) in [6.45, 7) is 5.38. The quantitative estimate of drug-likeness (QED) is 0.856. The molecule has 1 saturated carbocycles. The molecule has 1 N–H and O–H groups in total. The molecule has 0 radical (unpaired) electrons. The van der Waals surface area contributed by atoms with E-state index in [1.165, 1.54) is 25.3 Å². The van der Waals surface area contributed by atoms with E-state index in [1.54, 1.807) is 12.1 Å². The zero-order chi connectivity index (χ0) is 12.5. The third-order valence-electron chi connectivity index (χ3n) is 3.55. The first-order valence-corrected chi connectivity index (χ1v) is 6.51. The van der Waals surface area contributed by atoms with Crippen LogP contribution in [0.4, 0.5) is 4.39 Å². The van der Waals surface area contributed by atoms with E-state index in [4.69, 9.17) is 11.6 Å². The van der Waals surface area contributed by atoms with Crippen LogP contribution in [0.1, 0.15) is 38.7 Å². The fourth-order valence-corrected chi connectivity index (χ4v) is 2.73. The van der Waals surface area contributed by atoms with Gasteiger partial charge in [0.2, 0.25) is 0 Å². The van der Waals surface area contributed by atoms with Crippen molar-refractivity contribution < 1.29 is 4.39 Å². The van der Waals surface area contributed by atoms with Crippen LogP contribution in [0.15, 0.2) is 18.2 Å². The SMILES string of the molecule is CC1(C)CCC(NCc2ccc(F)c(Cl)c2)C1. The fourth-order valence-electron chi connectivity index (χ4n) is 2.52. The van der Waals surface area contributed by atoms with Gasteiger partial charge in [-0.05, 0) is 42.4 Å². The van der Waals surface area contributed by atoms with Crippen LogP contribution in [0.3, 0.4) is 0 Å². The van der Waals surface area contributed by atoms with Crippen LogP contribution in [0.2, 0.25) is 5.02 Å². The Morgan fingerprint density at radius 3 is 2.82 bits per heavy atom. The molecule has 0 aromatic heterocycles. The van der Waals surface area contributed by atoms with E-state index in [2.05, 4.69) is 19.2 Å². The molecule has 0 aliphatic heterocycles. The molecule has 3 heteroatoms. The Labute approximate surface area is 107 Å². The lowest BCUT2D eigenvalue weighted by Crippen LogP contribution is -2.26. The summed E-state index contributed by atoms with van der Waals surface area (Å²) in [5.74, 6) is -0.350.